The van der Waals surface area contributed by atoms with E-state index >= 15 is 0 Å². The molecule has 0 amide bonds. The van der Waals surface area contributed by atoms with Crippen LogP contribution in [0.4, 0.5) is 0 Å². The van der Waals surface area contributed by atoms with Crippen LogP contribution in [0.2, 0.25) is 0 Å². The van der Waals surface area contributed by atoms with E-state index in [2.05, 4.69) is 0 Å². The van der Waals surface area contributed by atoms with Crippen molar-refractivity contribution in [2.24, 2.45) is 0 Å². The Morgan fingerprint density at radius 1 is 1.43 bits per heavy atom. The minimum Gasteiger partial charge on any atom is -0.477 e. The molecule has 0 saturated heterocycles. The number of thiophene rings is 1. The lowest BCUT2D eigenvalue weighted by Gasteiger charge is -1.89. The molecule has 0 fully saturated rings. The first-order chi connectivity index (χ1) is 6.65. The van der Waals surface area contributed by atoms with Gasteiger partial charge in [0, 0.05) is 6.21 Å². The Labute approximate surface area is 84.5 Å². The van der Waals surface area contributed by atoms with E-state index in [4.69, 9.17) is 15.9 Å². The molecule has 0 aromatic carbocycles. The maximum absolute atomic E-state index is 10.5. The molecule has 0 aliphatic rings. The molecular formula is C9H8N2O2S. The third kappa shape index (κ3) is 2.37. The lowest BCUT2D eigenvalue weighted by Crippen LogP contribution is -1.91. The van der Waals surface area contributed by atoms with Crippen LogP contribution in [0.5, 0.6) is 0 Å². The first kappa shape index (κ1) is 10.3. The maximum atomic E-state index is 10.5. The standard InChI is InChI=1S/C9H8N2O2S/c10-5-1-2-6(11)7-3-4-8(14-7)9(12)13/h1-5,10-11H,(H,12,13)/b2-1-,10-5?,11-6?. The van der Waals surface area contributed by atoms with E-state index in [9.17, 15) is 4.79 Å². The smallest absolute Gasteiger partial charge is 0.345 e. The molecule has 72 valence electrons. The predicted octanol–water partition coefficient (Wildman–Crippen LogP) is 2.02. The number of rotatable bonds is 4. The molecule has 1 aromatic heterocycles. The second-order valence-electron chi connectivity index (χ2n) is 2.41. The molecule has 1 aromatic rings. The third-order valence-corrected chi connectivity index (χ3v) is 2.55. The predicted molar refractivity (Wildman–Crippen MR) is 56.0 cm³/mol. The van der Waals surface area contributed by atoms with E-state index in [1.807, 2.05) is 0 Å². The van der Waals surface area contributed by atoms with Crippen molar-refractivity contribution in [1.82, 2.24) is 0 Å². The normalized spacial score (nSPS) is 10.3. The van der Waals surface area contributed by atoms with Crippen molar-refractivity contribution in [3.63, 3.8) is 0 Å². The zero-order chi connectivity index (χ0) is 10.6. The van der Waals surface area contributed by atoms with E-state index in [0.29, 0.717) is 4.88 Å². The van der Waals surface area contributed by atoms with Crippen LogP contribution in [0.15, 0.2) is 24.3 Å². The van der Waals surface area contributed by atoms with Gasteiger partial charge in [-0.1, -0.05) is 0 Å². The first-order valence-electron chi connectivity index (χ1n) is 3.74. The highest BCUT2D eigenvalue weighted by molar-refractivity contribution is 7.16. The molecule has 0 atom stereocenters. The van der Waals surface area contributed by atoms with E-state index in [-0.39, 0.29) is 10.6 Å². The van der Waals surface area contributed by atoms with Crippen LogP contribution in [0, 0.1) is 10.8 Å². The molecule has 0 spiro atoms. The average molecular weight is 208 g/mol. The fourth-order valence-electron chi connectivity index (χ4n) is 0.824. The van der Waals surface area contributed by atoms with Crippen LogP contribution in [-0.4, -0.2) is 23.0 Å². The average Bonchev–Trinajstić information content (AvgIpc) is 2.62. The van der Waals surface area contributed by atoms with E-state index in [1.165, 1.54) is 18.2 Å². The number of carboxylic acid groups (broad SMARTS) is 1. The summed E-state index contributed by atoms with van der Waals surface area (Å²) in [4.78, 5) is 11.3. The van der Waals surface area contributed by atoms with Crippen molar-refractivity contribution in [3.05, 3.63) is 34.0 Å². The molecule has 0 aliphatic carbocycles. The van der Waals surface area contributed by atoms with Gasteiger partial charge < -0.3 is 10.5 Å². The van der Waals surface area contributed by atoms with E-state index < -0.39 is 5.97 Å². The monoisotopic (exact) mass is 208 g/mol. The summed E-state index contributed by atoms with van der Waals surface area (Å²) in [6.07, 6.45) is 3.94. The Morgan fingerprint density at radius 3 is 2.57 bits per heavy atom. The number of carboxylic acids is 1. The third-order valence-electron chi connectivity index (χ3n) is 1.44. The quantitative estimate of drug-likeness (QED) is 0.661. The summed E-state index contributed by atoms with van der Waals surface area (Å²) in [6, 6.07) is 3.06. The number of aromatic carboxylic acids is 1. The minimum absolute atomic E-state index is 0.214. The summed E-state index contributed by atoms with van der Waals surface area (Å²) in [7, 11) is 0. The van der Waals surface area contributed by atoms with Crippen molar-refractivity contribution < 1.29 is 9.90 Å². The second-order valence-corrected chi connectivity index (χ2v) is 3.49. The molecule has 4 nitrogen and oxygen atoms in total. The fraction of sp³-hybridized carbons (Fsp3) is 0. The summed E-state index contributed by atoms with van der Waals surface area (Å²) in [6.45, 7) is 0. The Kier molecular flexibility index (Phi) is 3.30. The molecule has 0 radical (unpaired) electrons. The van der Waals surface area contributed by atoms with Crippen LogP contribution in [0.1, 0.15) is 14.5 Å². The lowest BCUT2D eigenvalue weighted by atomic mass is 10.3. The Hall–Kier alpha value is -1.75. The minimum atomic E-state index is -0.981. The van der Waals surface area contributed by atoms with Gasteiger partial charge in [-0.25, -0.2) is 4.79 Å². The molecule has 3 N–H and O–H groups in total. The zero-order valence-electron chi connectivity index (χ0n) is 7.15. The van der Waals surface area contributed by atoms with Crippen molar-refractivity contribution in [1.29, 1.82) is 10.8 Å². The van der Waals surface area contributed by atoms with Crippen molar-refractivity contribution >= 4 is 29.2 Å². The molecule has 0 saturated carbocycles. The van der Waals surface area contributed by atoms with E-state index in [0.717, 1.165) is 17.6 Å². The summed E-state index contributed by atoms with van der Waals surface area (Å²) in [5.41, 5.74) is 0.214. The maximum Gasteiger partial charge on any atom is 0.345 e. The first-order valence-corrected chi connectivity index (χ1v) is 4.56. The molecule has 14 heavy (non-hydrogen) atoms. The van der Waals surface area contributed by atoms with Crippen molar-refractivity contribution in [2.45, 2.75) is 0 Å². The Morgan fingerprint density at radius 2 is 2.07 bits per heavy atom. The number of carbonyl (C=O) groups is 1. The summed E-state index contributed by atoms with van der Waals surface area (Å²) < 4.78 is 0. The Balaban J connectivity index is 2.86. The van der Waals surface area contributed by atoms with Gasteiger partial charge >= 0.3 is 5.97 Å². The number of allylic oxidation sites excluding steroid dienone is 2. The second kappa shape index (κ2) is 4.48. The van der Waals surface area contributed by atoms with Crippen LogP contribution in [0.3, 0.4) is 0 Å². The van der Waals surface area contributed by atoms with Gasteiger partial charge in [-0.15, -0.1) is 11.3 Å². The summed E-state index contributed by atoms with van der Waals surface area (Å²) >= 11 is 1.05. The molecule has 1 heterocycles. The largest absolute Gasteiger partial charge is 0.477 e. The van der Waals surface area contributed by atoms with Crippen molar-refractivity contribution in [3.8, 4) is 0 Å². The van der Waals surface area contributed by atoms with Gasteiger partial charge in [-0.05, 0) is 24.3 Å². The Bertz CT molecular complexity index is 407. The van der Waals surface area contributed by atoms with Crippen LogP contribution in [-0.2, 0) is 0 Å². The highest BCUT2D eigenvalue weighted by Gasteiger charge is 2.08. The lowest BCUT2D eigenvalue weighted by molar-refractivity contribution is 0.0702. The van der Waals surface area contributed by atoms with E-state index in [1.54, 1.807) is 6.07 Å². The van der Waals surface area contributed by atoms with Crippen LogP contribution in [0.25, 0.3) is 0 Å². The van der Waals surface area contributed by atoms with Gasteiger partial charge in [0.2, 0.25) is 0 Å². The molecule has 0 aliphatic heterocycles. The zero-order valence-corrected chi connectivity index (χ0v) is 7.97. The molecule has 0 unspecified atom stereocenters. The summed E-state index contributed by atoms with van der Waals surface area (Å²) in [5.74, 6) is -0.981. The van der Waals surface area contributed by atoms with Gasteiger partial charge in [0.05, 0.1) is 10.6 Å². The van der Waals surface area contributed by atoms with Crippen molar-refractivity contribution in [2.75, 3.05) is 0 Å². The highest BCUT2D eigenvalue weighted by atomic mass is 32.1. The summed E-state index contributed by atoms with van der Waals surface area (Å²) in [5, 5.41) is 22.9. The van der Waals surface area contributed by atoms with Gasteiger partial charge in [0.25, 0.3) is 0 Å². The van der Waals surface area contributed by atoms with Crippen LogP contribution < -0.4 is 0 Å². The number of hydrogen-bond acceptors (Lipinski definition) is 4. The van der Waals surface area contributed by atoms with Gasteiger partial charge in [0.1, 0.15) is 4.88 Å². The fourth-order valence-corrected chi connectivity index (χ4v) is 1.60. The van der Waals surface area contributed by atoms with Crippen LogP contribution >= 0.6 is 11.3 Å². The molecule has 1 rings (SSSR count). The molecular weight excluding hydrogens is 200 g/mol. The topological polar surface area (TPSA) is 85.0 Å². The SMILES string of the molecule is N=C/C=C\C(=N)c1ccc(C(=O)O)s1. The highest BCUT2D eigenvalue weighted by Crippen LogP contribution is 2.17. The van der Waals surface area contributed by atoms with Gasteiger partial charge in [-0.3, -0.25) is 5.41 Å². The van der Waals surface area contributed by atoms with Gasteiger partial charge in [-0.2, -0.15) is 0 Å². The number of hydrogen-bond donors (Lipinski definition) is 3. The van der Waals surface area contributed by atoms with Gasteiger partial charge in [0.15, 0.2) is 0 Å². The molecule has 5 heteroatoms. The number of nitrogens with one attached hydrogen (secondary N) is 2. The molecule has 0 bridgehead atoms.